The summed E-state index contributed by atoms with van der Waals surface area (Å²) in [5.41, 5.74) is 5.37. The molecule has 0 bridgehead atoms. The summed E-state index contributed by atoms with van der Waals surface area (Å²) in [6.45, 7) is 3.73. The molecule has 0 atom stereocenters. The number of imidazole rings is 1. The molecule has 3 heterocycles. The molecule has 5 aromatic rings. The van der Waals surface area contributed by atoms with Crippen molar-refractivity contribution in [1.29, 1.82) is 0 Å². The van der Waals surface area contributed by atoms with Crippen LogP contribution in [0.3, 0.4) is 0 Å². The molecule has 40 heavy (non-hydrogen) atoms. The lowest BCUT2D eigenvalue weighted by atomic mass is 10.1. The molecule has 204 valence electrons. The predicted octanol–water partition coefficient (Wildman–Crippen LogP) is 5.24. The van der Waals surface area contributed by atoms with E-state index in [0.29, 0.717) is 46.5 Å². The van der Waals surface area contributed by atoms with Crippen molar-refractivity contribution in [2.75, 3.05) is 5.32 Å². The lowest BCUT2D eigenvalue weighted by Crippen LogP contribution is -2.23. The Morgan fingerprint density at radius 3 is 2.50 bits per heavy atom. The molecule has 0 aliphatic heterocycles. The van der Waals surface area contributed by atoms with Gasteiger partial charge in [0.2, 0.25) is 0 Å². The van der Waals surface area contributed by atoms with Crippen molar-refractivity contribution < 1.29 is 14.0 Å². The van der Waals surface area contributed by atoms with E-state index in [1.165, 1.54) is 6.07 Å². The number of hydrogen-bond acceptors (Lipinski definition) is 5. The Bertz CT molecular complexity index is 1730. The lowest BCUT2D eigenvalue weighted by Gasteiger charge is -2.11. The highest BCUT2D eigenvalue weighted by atomic mass is 79.9. The molecule has 0 unspecified atom stereocenters. The summed E-state index contributed by atoms with van der Waals surface area (Å²) in [7, 11) is 1.88. The van der Waals surface area contributed by atoms with Gasteiger partial charge in [0.1, 0.15) is 6.67 Å². The molecule has 0 saturated carbocycles. The number of benzene rings is 2. The van der Waals surface area contributed by atoms with Crippen molar-refractivity contribution in [3.8, 4) is 0 Å². The van der Waals surface area contributed by atoms with Crippen molar-refractivity contribution in [1.82, 2.24) is 29.6 Å². The molecule has 0 radical (unpaired) electrons. The molecular weight excluding hydrogens is 577 g/mol. The molecule has 0 aliphatic carbocycles. The fraction of sp³-hybridized carbons (Fsp3) is 0.207. The quantitative estimate of drug-likeness (QED) is 0.252. The lowest BCUT2D eigenvalue weighted by molar-refractivity contribution is 0.0949. The highest BCUT2D eigenvalue weighted by Crippen LogP contribution is 2.26. The van der Waals surface area contributed by atoms with Gasteiger partial charge in [0.15, 0.2) is 0 Å². The number of pyridine rings is 1. The second-order valence-electron chi connectivity index (χ2n) is 9.52. The van der Waals surface area contributed by atoms with Gasteiger partial charge in [-0.1, -0.05) is 28.1 Å². The van der Waals surface area contributed by atoms with Crippen LogP contribution in [0.15, 0.2) is 65.5 Å². The monoisotopic (exact) mass is 603 g/mol. The number of aromatic nitrogens is 5. The van der Waals surface area contributed by atoms with Gasteiger partial charge in [-0.2, -0.15) is 5.10 Å². The number of carbonyl (C=O) groups is 2. The molecule has 0 saturated heterocycles. The summed E-state index contributed by atoms with van der Waals surface area (Å²) in [6, 6.07) is 14.1. The number of hydrogen-bond donors (Lipinski definition) is 2. The summed E-state index contributed by atoms with van der Waals surface area (Å²) in [6.07, 6.45) is 3.54. The number of nitrogens with zero attached hydrogens (tertiary/aromatic N) is 5. The summed E-state index contributed by atoms with van der Waals surface area (Å²) in [5, 5.41) is 11.1. The maximum absolute atomic E-state index is 13.5. The van der Waals surface area contributed by atoms with Crippen molar-refractivity contribution in [3.05, 3.63) is 105 Å². The van der Waals surface area contributed by atoms with Crippen LogP contribution >= 0.6 is 15.9 Å². The molecule has 0 fully saturated rings. The predicted molar refractivity (Wildman–Crippen MR) is 154 cm³/mol. The zero-order chi connectivity index (χ0) is 28.4. The van der Waals surface area contributed by atoms with Gasteiger partial charge in [0.05, 0.1) is 59.0 Å². The minimum atomic E-state index is -0.771. The Balaban J connectivity index is 1.30. The van der Waals surface area contributed by atoms with Crippen molar-refractivity contribution >= 4 is 44.3 Å². The Morgan fingerprint density at radius 1 is 1.02 bits per heavy atom. The number of anilines is 1. The van der Waals surface area contributed by atoms with Gasteiger partial charge in [0, 0.05) is 28.7 Å². The number of aryl methyl sites for hydroxylation is 2. The standard InChI is InChI=1S/C29H27BrFN7O2/c1-17-27(35-29(40)25-11-22(12-31)34-26-9-8-21(30)10-24(25)26)18(2)38(36-17)14-19-4-6-20(7-5-19)28(39)32-13-23-15-37(3)16-33-23/h4-11,15-16H,12-14H2,1-3H3,(H,32,39)(H,35,40). The number of amides is 2. The molecule has 3 aromatic heterocycles. The van der Waals surface area contributed by atoms with E-state index in [9.17, 15) is 14.0 Å². The van der Waals surface area contributed by atoms with E-state index in [2.05, 4.69) is 41.6 Å². The number of fused-ring (bicyclic) bond motifs is 1. The first kappa shape index (κ1) is 27.2. The van der Waals surface area contributed by atoms with Crippen molar-refractivity contribution in [2.45, 2.75) is 33.6 Å². The molecule has 0 aliphatic rings. The van der Waals surface area contributed by atoms with E-state index in [4.69, 9.17) is 0 Å². The zero-order valence-corrected chi connectivity index (χ0v) is 23.8. The maximum Gasteiger partial charge on any atom is 0.256 e. The average molecular weight is 604 g/mol. The topological polar surface area (TPSA) is 107 Å². The van der Waals surface area contributed by atoms with Gasteiger partial charge in [0.25, 0.3) is 11.8 Å². The van der Waals surface area contributed by atoms with Gasteiger partial charge >= 0.3 is 0 Å². The number of alkyl halides is 1. The minimum Gasteiger partial charge on any atom is -0.346 e. The molecule has 0 spiro atoms. The SMILES string of the molecule is Cc1nn(Cc2ccc(C(=O)NCc3cn(C)cn3)cc2)c(C)c1NC(=O)c1cc(CF)nc2ccc(Br)cc12. The maximum atomic E-state index is 13.5. The van der Waals surface area contributed by atoms with E-state index < -0.39 is 6.67 Å². The Hall–Kier alpha value is -4.38. The number of rotatable bonds is 8. The van der Waals surface area contributed by atoms with E-state index in [0.717, 1.165) is 21.4 Å². The molecule has 11 heteroatoms. The van der Waals surface area contributed by atoms with Crippen LogP contribution in [0.5, 0.6) is 0 Å². The van der Waals surface area contributed by atoms with Gasteiger partial charge in [-0.25, -0.2) is 14.4 Å². The summed E-state index contributed by atoms with van der Waals surface area (Å²) >= 11 is 3.43. The highest BCUT2D eigenvalue weighted by Gasteiger charge is 2.19. The number of carbonyl (C=O) groups excluding carboxylic acids is 2. The Morgan fingerprint density at radius 2 is 1.80 bits per heavy atom. The van der Waals surface area contributed by atoms with Gasteiger partial charge in [-0.05, 0) is 55.8 Å². The first-order valence-electron chi connectivity index (χ1n) is 12.6. The third kappa shape index (κ3) is 5.79. The smallest absolute Gasteiger partial charge is 0.256 e. The Kier molecular flexibility index (Phi) is 7.74. The van der Waals surface area contributed by atoms with Crippen LogP contribution in [0, 0.1) is 13.8 Å². The molecule has 5 rings (SSSR count). The van der Waals surface area contributed by atoms with E-state index in [1.54, 1.807) is 41.3 Å². The second-order valence-corrected chi connectivity index (χ2v) is 10.4. The zero-order valence-electron chi connectivity index (χ0n) is 22.2. The summed E-state index contributed by atoms with van der Waals surface area (Å²) in [4.78, 5) is 34.4. The fourth-order valence-corrected chi connectivity index (χ4v) is 4.85. The van der Waals surface area contributed by atoms with Crippen LogP contribution in [0.4, 0.5) is 10.1 Å². The third-order valence-corrected chi connectivity index (χ3v) is 7.06. The fourth-order valence-electron chi connectivity index (χ4n) is 4.49. The largest absolute Gasteiger partial charge is 0.346 e. The summed E-state index contributed by atoms with van der Waals surface area (Å²) in [5.74, 6) is -0.549. The summed E-state index contributed by atoms with van der Waals surface area (Å²) < 4.78 is 17.9. The van der Waals surface area contributed by atoms with Gasteiger partial charge in [-0.15, -0.1) is 0 Å². The average Bonchev–Trinajstić information content (AvgIpc) is 3.48. The van der Waals surface area contributed by atoms with Crippen LogP contribution < -0.4 is 10.6 Å². The molecule has 2 amide bonds. The molecule has 9 nitrogen and oxygen atoms in total. The van der Waals surface area contributed by atoms with Gasteiger partial charge in [-0.3, -0.25) is 14.3 Å². The molecule has 2 aromatic carbocycles. The van der Waals surface area contributed by atoms with E-state index in [-0.39, 0.29) is 17.5 Å². The minimum absolute atomic E-state index is 0.181. The van der Waals surface area contributed by atoms with Crippen LogP contribution in [0.2, 0.25) is 0 Å². The van der Waals surface area contributed by atoms with E-state index >= 15 is 0 Å². The molecular formula is C29H27BrFN7O2. The van der Waals surface area contributed by atoms with E-state index in [1.807, 2.05) is 43.8 Å². The third-order valence-electron chi connectivity index (χ3n) is 6.56. The second kappa shape index (κ2) is 11.4. The first-order valence-corrected chi connectivity index (χ1v) is 13.4. The first-order chi connectivity index (χ1) is 19.2. The van der Waals surface area contributed by atoms with Crippen LogP contribution in [-0.4, -0.2) is 36.1 Å². The normalized spacial score (nSPS) is 11.1. The number of nitrogens with one attached hydrogen (secondary N) is 2. The van der Waals surface area contributed by atoms with Crippen molar-refractivity contribution in [3.63, 3.8) is 0 Å². The highest BCUT2D eigenvalue weighted by molar-refractivity contribution is 9.10. The number of halogens is 2. The van der Waals surface area contributed by atoms with Crippen LogP contribution in [0.1, 0.15) is 49.1 Å². The van der Waals surface area contributed by atoms with Crippen LogP contribution in [-0.2, 0) is 26.8 Å². The van der Waals surface area contributed by atoms with Gasteiger partial charge < -0.3 is 15.2 Å². The Labute approximate surface area is 238 Å². The van der Waals surface area contributed by atoms with Crippen LogP contribution in [0.25, 0.3) is 10.9 Å². The van der Waals surface area contributed by atoms with Crippen molar-refractivity contribution in [2.24, 2.45) is 7.05 Å². The molecule has 2 N–H and O–H groups in total.